The molecule has 2 aliphatic heterocycles. The minimum absolute atomic E-state index is 0.102. The Hall–Kier alpha value is -1.84. The number of β-lactam (4-membered cyclic amide) rings is 1. The third kappa shape index (κ3) is 4.20. The molecule has 3 heterocycles. The first-order valence-corrected chi connectivity index (χ1v) is 10.5. The molecular weight excluding hydrogens is 388 g/mol. The van der Waals surface area contributed by atoms with Crippen LogP contribution in [0.5, 0.6) is 0 Å². The maximum atomic E-state index is 12.7. The number of thioether (sulfide) groups is 1. The summed E-state index contributed by atoms with van der Waals surface area (Å²) in [7, 11) is 0. The van der Waals surface area contributed by atoms with E-state index in [0.717, 1.165) is 4.88 Å². The van der Waals surface area contributed by atoms with Crippen LogP contribution < -0.4 is 5.32 Å². The Morgan fingerprint density at radius 1 is 1.41 bits per heavy atom. The maximum Gasteiger partial charge on any atom is 0.355 e. The maximum absolute atomic E-state index is 12.7. The van der Waals surface area contributed by atoms with Gasteiger partial charge in [-0.25, -0.2) is 4.79 Å². The van der Waals surface area contributed by atoms with Crippen LogP contribution >= 0.6 is 23.1 Å². The summed E-state index contributed by atoms with van der Waals surface area (Å²) in [4.78, 5) is 39.7. The third-order valence-electron chi connectivity index (χ3n) is 4.06. The Morgan fingerprint density at radius 3 is 2.74 bits per heavy atom. The summed E-state index contributed by atoms with van der Waals surface area (Å²) in [6.07, 6.45) is 0.218. The minimum atomic E-state index is -0.715. The molecule has 2 amide bonds. The van der Waals surface area contributed by atoms with Gasteiger partial charge in [-0.2, -0.15) is 0 Å². The van der Waals surface area contributed by atoms with E-state index in [1.165, 1.54) is 28.0 Å². The highest BCUT2D eigenvalue weighted by Gasteiger charge is 2.54. The smallest absolute Gasteiger partial charge is 0.355 e. The van der Waals surface area contributed by atoms with E-state index in [-0.39, 0.29) is 35.9 Å². The Labute approximate surface area is 165 Å². The molecule has 7 nitrogen and oxygen atoms in total. The van der Waals surface area contributed by atoms with Crippen LogP contribution in [0.2, 0.25) is 0 Å². The second kappa shape index (κ2) is 7.65. The monoisotopic (exact) mass is 410 g/mol. The SMILES string of the molecule is CC(C)(C)OC(=O)C1=C(CO)CS[C@@H]2[C@H](NC(=O)Cc3cccs3)C(=O)N12. The van der Waals surface area contributed by atoms with Crippen LogP contribution in [0.25, 0.3) is 0 Å². The number of rotatable bonds is 5. The Bertz CT molecular complexity index is 782. The van der Waals surface area contributed by atoms with Crippen LogP contribution in [0, 0.1) is 0 Å². The first-order chi connectivity index (χ1) is 12.7. The van der Waals surface area contributed by atoms with Gasteiger partial charge in [0.15, 0.2) is 0 Å². The van der Waals surface area contributed by atoms with Crippen LogP contribution in [0.3, 0.4) is 0 Å². The van der Waals surface area contributed by atoms with E-state index in [9.17, 15) is 19.5 Å². The Morgan fingerprint density at radius 2 is 2.15 bits per heavy atom. The molecule has 0 spiro atoms. The molecule has 0 bridgehead atoms. The highest BCUT2D eigenvalue weighted by molar-refractivity contribution is 8.00. The molecule has 2 N–H and O–H groups in total. The highest BCUT2D eigenvalue weighted by Crippen LogP contribution is 2.40. The number of aliphatic hydroxyl groups is 1. The second-order valence-corrected chi connectivity index (χ2v) is 9.46. The van der Waals surface area contributed by atoms with Crippen molar-refractivity contribution in [3.63, 3.8) is 0 Å². The lowest BCUT2D eigenvalue weighted by molar-refractivity contribution is -0.159. The van der Waals surface area contributed by atoms with Crippen molar-refractivity contribution in [2.75, 3.05) is 12.4 Å². The molecule has 9 heteroatoms. The van der Waals surface area contributed by atoms with Gasteiger partial charge in [0.1, 0.15) is 22.7 Å². The van der Waals surface area contributed by atoms with Crippen LogP contribution in [0.15, 0.2) is 28.8 Å². The molecule has 1 saturated heterocycles. The van der Waals surface area contributed by atoms with E-state index in [2.05, 4.69) is 5.32 Å². The molecule has 0 unspecified atom stereocenters. The van der Waals surface area contributed by atoms with Gasteiger partial charge in [-0.15, -0.1) is 23.1 Å². The zero-order chi connectivity index (χ0) is 19.8. The van der Waals surface area contributed by atoms with E-state index in [0.29, 0.717) is 11.3 Å². The number of hydrogen-bond acceptors (Lipinski definition) is 7. The zero-order valence-corrected chi connectivity index (χ0v) is 17.0. The summed E-state index contributed by atoms with van der Waals surface area (Å²) < 4.78 is 5.40. The molecule has 2 atom stereocenters. The number of ether oxygens (including phenoxy) is 1. The number of amides is 2. The number of carbonyl (C=O) groups excluding carboxylic acids is 3. The van der Waals surface area contributed by atoms with Crippen LogP contribution in [-0.2, 0) is 25.5 Å². The molecule has 27 heavy (non-hydrogen) atoms. The van der Waals surface area contributed by atoms with Gasteiger partial charge in [-0.3, -0.25) is 14.5 Å². The van der Waals surface area contributed by atoms with Crippen LogP contribution in [0.4, 0.5) is 0 Å². The molecule has 0 aromatic carbocycles. The standard InChI is InChI=1S/C18H22N2O5S2/c1-18(2,3)25-17(24)14-10(8-21)9-27-16-13(15(23)20(14)16)19-12(22)7-11-5-4-6-26-11/h4-6,13,16,21H,7-9H2,1-3H3,(H,19,22)/t13-,16-/m1/s1. The second-order valence-electron chi connectivity index (χ2n) is 7.32. The predicted molar refractivity (Wildman–Crippen MR) is 103 cm³/mol. The molecule has 1 aromatic rings. The molecule has 0 aliphatic carbocycles. The Kier molecular flexibility index (Phi) is 5.64. The van der Waals surface area contributed by atoms with Crippen molar-refractivity contribution < 1.29 is 24.2 Å². The summed E-state index contributed by atoms with van der Waals surface area (Å²) in [5, 5.41) is 13.9. The van der Waals surface area contributed by atoms with Crippen molar-refractivity contribution in [3.05, 3.63) is 33.7 Å². The fraction of sp³-hybridized carbons (Fsp3) is 0.500. The summed E-state index contributed by atoms with van der Waals surface area (Å²) in [6.45, 7) is 4.90. The molecule has 146 valence electrons. The van der Waals surface area contributed by atoms with Gasteiger partial charge in [0.05, 0.1) is 13.0 Å². The number of fused-ring (bicyclic) bond motifs is 1. The summed E-state index contributed by atoms with van der Waals surface area (Å²) in [6, 6.07) is 3.06. The number of aliphatic hydroxyl groups excluding tert-OH is 1. The van der Waals surface area contributed by atoms with Crippen molar-refractivity contribution in [2.45, 2.75) is 44.2 Å². The summed E-state index contributed by atoms with van der Waals surface area (Å²) in [5.41, 5.74) is -0.153. The van der Waals surface area contributed by atoms with Crippen molar-refractivity contribution in [1.29, 1.82) is 0 Å². The molecule has 0 saturated carbocycles. The third-order valence-corrected chi connectivity index (χ3v) is 6.28. The van der Waals surface area contributed by atoms with Crippen molar-refractivity contribution in [3.8, 4) is 0 Å². The number of nitrogens with one attached hydrogen (secondary N) is 1. The number of thiophene rings is 1. The van der Waals surface area contributed by atoms with Crippen molar-refractivity contribution in [2.24, 2.45) is 0 Å². The van der Waals surface area contributed by atoms with Crippen molar-refractivity contribution in [1.82, 2.24) is 10.2 Å². The van der Waals surface area contributed by atoms with E-state index in [4.69, 9.17) is 4.74 Å². The molecule has 0 radical (unpaired) electrons. The van der Waals surface area contributed by atoms with E-state index in [1.54, 1.807) is 20.8 Å². The summed E-state index contributed by atoms with van der Waals surface area (Å²) in [5.74, 6) is -0.824. The average Bonchev–Trinajstić information content (AvgIpc) is 3.09. The number of hydrogen-bond donors (Lipinski definition) is 2. The fourth-order valence-corrected chi connectivity index (χ4v) is 4.95. The number of nitrogens with zero attached hydrogens (tertiary/aromatic N) is 1. The first kappa shape index (κ1) is 19.9. The van der Waals surface area contributed by atoms with Gasteiger partial charge in [-0.05, 0) is 37.8 Å². The Balaban J connectivity index is 1.72. The highest BCUT2D eigenvalue weighted by atomic mass is 32.2. The normalized spacial score (nSPS) is 22.2. The molecular formula is C18H22N2O5S2. The minimum Gasteiger partial charge on any atom is -0.455 e. The van der Waals surface area contributed by atoms with Crippen LogP contribution in [0.1, 0.15) is 25.6 Å². The number of esters is 1. The molecule has 2 aliphatic rings. The van der Waals surface area contributed by atoms with Gasteiger partial charge in [0.2, 0.25) is 5.91 Å². The lowest BCUT2D eigenvalue weighted by atomic mass is 10.0. The predicted octanol–water partition coefficient (Wildman–Crippen LogP) is 1.28. The lowest BCUT2D eigenvalue weighted by Gasteiger charge is -2.49. The number of carbonyl (C=O) groups is 3. The van der Waals surface area contributed by atoms with Gasteiger partial charge < -0.3 is 15.2 Å². The first-order valence-electron chi connectivity index (χ1n) is 8.54. The largest absolute Gasteiger partial charge is 0.455 e. The zero-order valence-electron chi connectivity index (χ0n) is 15.4. The van der Waals surface area contributed by atoms with Gasteiger partial charge in [-0.1, -0.05) is 6.07 Å². The average molecular weight is 411 g/mol. The summed E-state index contributed by atoms with van der Waals surface area (Å²) >= 11 is 2.90. The van der Waals surface area contributed by atoms with E-state index >= 15 is 0 Å². The van der Waals surface area contributed by atoms with Crippen LogP contribution in [-0.4, -0.2) is 57.2 Å². The van der Waals surface area contributed by atoms with Crippen molar-refractivity contribution >= 4 is 40.9 Å². The fourth-order valence-electron chi connectivity index (χ4n) is 2.92. The van der Waals surface area contributed by atoms with Gasteiger partial charge >= 0.3 is 5.97 Å². The molecule has 1 fully saturated rings. The van der Waals surface area contributed by atoms with Gasteiger partial charge in [0, 0.05) is 10.6 Å². The lowest BCUT2D eigenvalue weighted by Crippen LogP contribution is -2.70. The molecule has 3 rings (SSSR count). The van der Waals surface area contributed by atoms with E-state index < -0.39 is 17.6 Å². The topological polar surface area (TPSA) is 95.9 Å². The molecule has 1 aromatic heterocycles. The van der Waals surface area contributed by atoms with Gasteiger partial charge in [0.25, 0.3) is 5.91 Å². The quantitative estimate of drug-likeness (QED) is 0.561. The van der Waals surface area contributed by atoms with E-state index in [1.807, 2.05) is 17.5 Å².